The number of hydrogen-bond acceptors (Lipinski definition) is 6. The van der Waals surface area contributed by atoms with Crippen molar-refractivity contribution < 1.29 is 9.53 Å². The second-order valence-electron chi connectivity index (χ2n) is 7.68. The predicted octanol–water partition coefficient (Wildman–Crippen LogP) is 3.32. The average Bonchev–Trinajstić information content (AvgIpc) is 3.52. The van der Waals surface area contributed by atoms with Gasteiger partial charge in [-0.1, -0.05) is 48.5 Å². The van der Waals surface area contributed by atoms with Crippen LogP contribution in [0.5, 0.6) is 0 Å². The molecule has 8 heteroatoms. The van der Waals surface area contributed by atoms with Crippen LogP contribution in [0.15, 0.2) is 90.4 Å². The smallest absolute Gasteiger partial charge is 0.215 e. The maximum absolute atomic E-state index is 13.3. The van der Waals surface area contributed by atoms with Gasteiger partial charge in [-0.15, -0.1) is 0 Å². The fourth-order valence-electron chi connectivity index (χ4n) is 3.87. The van der Waals surface area contributed by atoms with E-state index in [2.05, 4.69) is 22.3 Å². The van der Waals surface area contributed by atoms with Gasteiger partial charge in [0, 0.05) is 6.61 Å². The molecular weight excluding hydrogens is 416 g/mol. The van der Waals surface area contributed by atoms with E-state index in [9.17, 15) is 4.79 Å². The standard InChI is InChI=1S/C25H24N6O2/c1-2-33-23-18-30(21-15-27-29(17-21)16-19-9-5-3-6-10-19)28-24(25(23)32)22-13-14-26-31(22)20-11-7-4-8-12-20/h3-15,17,23H,2,16,18H2,1H3. The number of hydrogen-bond donors (Lipinski definition) is 0. The topological polar surface area (TPSA) is 77.5 Å². The molecule has 8 nitrogen and oxygen atoms in total. The zero-order valence-electron chi connectivity index (χ0n) is 18.3. The molecule has 33 heavy (non-hydrogen) atoms. The summed E-state index contributed by atoms with van der Waals surface area (Å²) in [7, 11) is 0. The Morgan fingerprint density at radius 3 is 2.48 bits per heavy atom. The van der Waals surface area contributed by atoms with Crippen molar-refractivity contribution >= 4 is 17.2 Å². The van der Waals surface area contributed by atoms with E-state index < -0.39 is 6.10 Å². The number of anilines is 1. The Kier molecular flexibility index (Phi) is 5.82. The number of hydrazone groups is 1. The van der Waals surface area contributed by atoms with Gasteiger partial charge in [-0.3, -0.25) is 14.5 Å². The maximum Gasteiger partial charge on any atom is 0.215 e. The molecule has 5 rings (SSSR count). The molecule has 2 aromatic carbocycles. The molecule has 4 aromatic rings. The Morgan fingerprint density at radius 1 is 0.970 bits per heavy atom. The fraction of sp³-hybridized carbons (Fsp3) is 0.200. The number of Topliss-reactive ketones (excluding diaryl/α,β-unsaturated/α-hetero) is 1. The van der Waals surface area contributed by atoms with E-state index in [1.165, 1.54) is 0 Å². The van der Waals surface area contributed by atoms with Gasteiger partial charge in [-0.05, 0) is 30.7 Å². The van der Waals surface area contributed by atoms with Crippen molar-refractivity contribution in [2.45, 2.75) is 19.6 Å². The molecule has 166 valence electrons. The maximum atomic E-state index is 13.3. The van der Waals surface area contributed by atoms with Crippen molar-refractivity contribution in [2.75, 3.05) is 18.2 Å². The van der Waals surface area contributed by atoms with Crippen LogP contribution in [-0.2, 0) is 16.1 Å². The summed E-state index contributed by atoms with van der Waals surface area (Å²) in [5.41, 5.74) is 3.75. The number of carbonyl (C=O) groups excluding carboxylic acids is 1. The van der Waals surface area contributed by atoms with Crippen LogP contribution < -0.4 is 5.01 Å². The van der Waals surface area contributed by atoms with Gasteiger partial charge in [-0.25, -0.2) is 4.68 Å². The Balaban J connectivity index is 1.49. The zero-order valence-corrected chi connectivity index (χ0v) is 18.3. The lowest BCUT2D eigenvalue weighted by Gasteiger charge is -2.29. The monoisotopic (exact) mass is 440 g/mol. The summed E-state index contributed by atoms with van der Waals surface area (Å²) in [4.78, 5) is 13.3. The second kappa shape index (κ2) is 9.22. The first-order chi connectivity index (χ1) is 16.2. The van der Waals surface area contributed by atoms with Crippen molar-refractivity contribution in [3.63, 3.8) is 0 Å². The van der Waals surface area contributed by atoms with Crippen LogP contribution >= 0.6 is 0 Å². The molecule has 1 aliphatic heterocycles. The third-order valence-electron chi connectivity index (χ3n) is 5.44. The van der Waals surface area contributed by atoms with E-state index in [0.717, 1.165) is 16.9 Å². The number of ketones is 1. The molecule has 0 radical (unpaired) electrons. The Hall–Kier alpha value is -4.04. The summed E-state index contributed by atoms with van der Waals surface area (Å²) in [6, 6.07) is 21.6. The van der Waals surface area contributed by atoms with E-state index in [4.69, 9.17) is 9.84 Å². The normalized spacial score (nSPS) is 16.2. The first-order valence-electron chi connectivity index (χ1n) is 10.9. The van der Waals surface area contributed by atoms with E-state index in [1.807, 2.05) is 66.3 Å². The molecule has 1 atom stereocenters. The SMILES string of the molecule is CCOC1CN(c2cnn(Cc3ccccc3)c2)N=C(c2ccnn2-c2ccccc2)C1=O. The van der Waals surface area contributed by atoms with Crippen molar-refractivity contribution in [3.8, 4) is 5.69 Å². The quantitative estimate of drug-likeness (QED) is 0.441. The number of rotatable bonds is 7. The lowest BCUT2D eigenvalue weighted by molar-refractivity contribution is -0.123. The lowest BCUT2D eigenvalue weighted by Crippen LogP contribution is -2.46. The highest BCUT2D eigenvalue weighted by molar-refractivity contribution is 6.48. The third kappa shape index (κ3) is 4.33. The van der Waals surface area contributed by atoms with Crippen molar-refractivity contribution in [1.82, 2.24) is 19.6 Å². The van der Waals surface area contributed by atoms with Crippen LogP contribution in [-0.4, -0.2) is 50.3 Å². The molecule has 1 aliphatic rings. The minimum Gasteiger partial charge on any atom is -0.368 e. The van der Waals surface area contributed by atoms with Crippen LogP contribution in [0.2, 0.25) is 0 Å². The molecule has 0 bridgehead atoms. The van der Waals surface area contributed by atoms with E-state index in [-0.39, 0.29) is 5.78 Å². The van der Waals surface area contributed by atoms with Gasteiger partial charge in [0.05, 0.1) is 48.7 Å². The first kappa shape index (κ1) is 20.8. The number of nitrogens with zero attached hydrogens (tertiary/aromatic N) is 6. The number of aromatic nitrogens is 4. The van der Waals surface area contributed by atoms with Crippen LogP contribution in [0.1, 0.15) is 18.2 Å². The Morgan fingerprint density at radius 2 is 1.73 bits per heavy atom. The molecule has 0 aliphatic carbocycles. The first-order valence-corrected chi connectivity index (χ1v) is 10.9. The highest BCUT2D eigenvalue weighted by atomic mass is 16.5. The molecule has 0 saturated carbocycles. The summed E-state index contributed by atoms with van der Waals surface area (Å²) in [5.74, 6) is -0.151. The van der Waals surface area contributed by atoms with Crippen LogP contribution in [0.4, 0.5) is 5.69 Å². The predicted molar refractivity (Wildman–Crippen MR) is 126 cm³/mol. The lowest BCUT2D eigenvalue weighted by atomic mass is 10.1. The molecule has 0 spiro atoms. The molecule has 0 N–H and O–H groups in total. The number of ether oxygens (including phenoxy) is 1. The van der Waals surface area contributed by atoms with Gasteiger partial charge in [0.15, 0.2) is 5.71 Å². The summed E-state index contributed by atoms with van der Waals surface area (Å²) in [6.45, 7) is 3.30. The van der Waals surface area contributed by atoms with Crippen molar-refractivity contribution in [1.29, 1.82) is 0 Å². The van der Waals surface area contributed by atoms with Crippen LogP contribution in [0, 0.1) is 0 Å². The fourth-order valence-corrected chi connectivity index (χ4v) is 3.87. The van der Waals surface area contributed by atoms with Gasteiger partial charge in [0.25, 0.3) is 0 Å². The third-order valence-corrected chi connectivity index (χ3v) is 5.44. The van der Waals surface area contributed by atoms with Crippen molar-refractivity contribution in [3.05, 3.63) is 96.6 Å². The summed E-state index contributed by atoms with van der Waals surface area (Å²) < 4.78 is 9.38. The molecule has 1 unspecified atom stereocenters. The highest BCUT2D eigenvalue weighted by Gasteiger charge is 2.34. The van der Waals surface area contributed by atoms with Crippen molar-refractivity contribution in [2.24, 2.45) is 5.10 Å². The van der Waals surface area contributed by atoms with Gasteiger partial charge in [0.1, 0.15) is 6.10 Å². The summed E-state index contributed by atoms with van der Waals surface area (Å²) >= 11 is 0. The van der Waals surface area contributed by atoms with Gasteiger partial charge < -0.3 is 4.74 Å². The van der Waals surface area contributed by atoms with Gasteiger partial charge in [0.2, 0.25) is 5.78 Å². The Labute approximate surface area is 191 Å². The molecule has 3 heterocycles. The van der Waals surface area contributed by atoms with Crippen LogP contribution in [0.3, 0.4) is 0 Å². The number of benzene rings is 2. The van der Waals surface area contributed by atoms with Crippen LogP contribution in [0.25, 0.3) is 5.69 Å². The van der Waals surface area contributed by atoms with E-state index in [1.54, 1.807) is 28.2 Å². The molecule has 0 amide bonds. The molecule has 0 saturated heterocycles. The Bertz CT molecular complexity index is 1260. The summed E-state index contributed by atoms with van der Waals surface area (Å²) in [6.07, 6.45) is 4.74. The number of carbonyl (C=O) groups is 1. The highest BCUT2D eigenvalue weighted by Crippen LogP contribution is 2.22. The minimum atomic E-state index is -0.626. The largest absolute Gasteiger partial charge is 0.368 e. The molecular formula is C25H24N6O2. The number of para-hydroxylation sites is 1. The van der Waals surface area contributed by atoms with E-state index in [0.29, 0.717) is 31.1 Å². The molecule has 0 fully saturated rings. The van der Waals surface area contributed by atoms with Gasteiger partial charge in [-0.2, -0.15) is 15.3 Å². The second-order valence-corrected chi connectivity index (χ2v) is 7.68. The average molecular weight is 441 g/mol. The molecule has 2 aromatic heterocycles. The van der Waals surface area contributed by atoms with E-state index >= 15 is 0 Å². The minimum absolute atomic E-state index is 0.151. The summed E-state index contributed by atoms with van der Waals surface area (Å²) in [5, 5.41) is 15.4. The van der Waals surface area contributed by atoms with Gasteiger partial charge >= 0.3 is 0 Å². The zero-order chi connectivity index (χ0) is 22.6.